The Kier molecular flexibility index (Phi) is 6.24. The maximum atomic E-state index is 13.2. The van der Waals surface area contributed by atoms with Crippen molar-refractivity contribution in [3.63, 3.8) is 0 Å². The van der Waals surface area contributed by atoms with Crippen molar-refractivity contribution < 1.29 is 9.69 Å². The zero-order valence-corrected chi connectivity index (χ0v) is 15.1. The van der Waals surface area contributed by atoms with Gasteiger partial charge in [-0.1, -0.05) is 54.4 Å². The predicted molar refractivity (Wildman–Crippen MR) is 103 cm³/mol. The largest absolute Gasteiger partial charge is 0.321 e. The summed E-state index contributed by atoms with van der Waals surface area (Å²) in [6.07, 6.45) is 6.31. The van der Waals surface area contributed by atoms with Crippen molar-refractivity contribution in [2.75, 3.05) is 18.4 Å². The number of carbonyl (C=O) groups excluding carboxylic acids is 1. The van der Waals surface area contributed by atoms with Gasteiger partial charge in [0.15, 0.2) is 6.04 Å². The normalized spacial score (nSPS) is 17.3. The molecule has 0 spiro atoms. The molecular formula is C22H29N2O+. The van der Waals surface area contributed by atoms with Crippen LogP contribution < -0.4 is 10.2 Å². The molecule has 0 aliphatic carbocycles. The van der Waals surface area contributed by atoms with Gasteiger partial charge in [-0.05, 0) is 44.7 Å². The van der Waals surface area contributed by atoms with E-state index in [1.807, 2.05) is 42.5 Å². The van der Waals surface area contributed by atoms with Crippen LogP contribution in [0, 0.1) is 6.92 Å². The topological polar surface area (TPSA) is 33.5 Å². The molecule has 2 aromatic rings. The van der Waals surface area contributed by atoms with E-state index in [-0.39, 0.29) is 11.9 Å². The van der Waals surface area contributed by atoms with Crippen molar-refractivity contribution in [2.45, 2.75) is 45.1 Å². The van der Waals surface area contributed by atoms with E-state index in [2.05, 4.69) is 24.4 Å². The fourth-order valence-electron chi connectivity index (χ4n) is 3.72. The summed E-state index contributed by atoms with van der Waals surface area (Å²) in [7, 11) is 0. The summed E-state index contributed by atoms with van der Waals surface area (Å²) in [5.41, 5.74) is 3.19. The molecule has 1 aliphatic heterocycles. The number of nitrogens with one attached hydrogen (secondary N) is 2. The average Bonchev–Trinajstić information content (AvgIpc) is 2.60. The van der Waals surface area contributed by atoms with Crippen LogP contribution in [0.25, 0.3) is 0 Å². The average molecular weight is 337 g/mol. The number of aryl methyl sites for hydroxylation is 1. The molecule has 1 fully saturated rings. The molecule has 1 aliphatic rings. The lowest BCUT2D eigenvalue weighted by Crippen LogP contribution is -3.13. The molecule has 1 saturated heterocycles. The Balaban J connectivity index is 1.82. The molecule has 3 heteroatoms. The summed E-state index contributed by atoms with van der Waals surface area (Å²) in [5, 5.41) is 3.14. The monoisotopic (exact) mass is 337 g/mol. The van der Waals surface area contributed by atoms with Crippen LogP contribution in [-0.4, -0.2) is 19.0 Å². The summed E-state index contributed by atoms with van der Waals surface area (Å²) in [5.74, 6) is 0.102. The van der Waals surface area contributed by atoms with Gasteiger partial charge in [-0.15, -0.1) is 0 Å². The second-order valence-electron chi connectivity index (χ2n) is 7.12. The fourth-order valence-corrected chi connectivity index (χ4v) is 3.72. The molecule has 1 heterocycles. The molecule has 132 valence electrons. The zero-order valence-electron chi connectivity index (χ0n) is 15.1. The molecule has 2 N–H and O–H groups in total. The van der Waals surface area contributed by atoms with Crippen molar-refractivity contribution in [2.24, 2.45) is 0 Å². The van der Waals surface area contributed by atoms with Gasteiger partial charge in [0.2, 0.25) is 0 Å². The summed E-state index contributed by atoms with van der Waals surface area (Å²) in [6.45, 7) is 4.20. The van der Waals surface area contributed by atoms with Crippen molar-refractivity contribution >= 4 is 11.6 Å². The Morgan fingerprint density at radius 1 is 0.880 bits per heavy atom. The number of anilines is 1. The second-order valence-corrected chi connectivity index (χ2v) is 7.12. The Morgan fingerprint density at radius 2 is 1.48 bits per heavy atom. The number of hydrogen-bond acceptors (Lipinski definition) is 1. The van der Waals surface area contributed by atoms with Crippen LogP contribution in [0.5, 0.6) is 0 Å². The van der Waals surface area contributed by atoms with Crippen LogP contribution >= 0.6 is 0 Å². The number of amides is 1. The lowest BCUT2D eigenvalue weighted by atomic mass is 10.0. The summed E-state index contributed by atoms with van der Waals surface area (Å²) >= 11 is 0. The molecule has 3 rings (SSSR count). The van der Waals surface area contributed by atoms with E-state index in [9.17, 15) is 4.79 Å². The highest BCUT2D eigenvalue weighted by Crippen LogP contribution is 2.16. The first kappa shape index (κ1) is 17.7. The Labute approximate surface area is 151 Å². The number of likely N-dealkylation sites (tertiary alicyclic amines) is 1. The van der Waals surface area contributed by atoms with Gasteiger partial charge < -0.3 is 10.2 Å². The van der Waals surface area contributed by atoms with Crippen LogP contribution in [0.4, 0.5) is 5.69 Å². The van der Waals surface area contributed by atoms with E-state index in [0.29, 0.717) is 0 Å². The maximum absolute atomic E-state index is 13.2. The van der Waals surface area contributed by atoms with Crippen LogP contribution in [0.2, 0.25) is 0 Å². The SMILES string of the molecule is Cc1ccc(NC(=O)[C@H](c2ccccc2)[NH+]2CCCCCCC2)cc1. The summed E-state index contributed by atoms with van der Waals surface area (Å²) in [6, 6.07) is 18.2. The lowest BCUT2D eigenvalue weighted by molar-refractivity contribution is -0.922. The Morgan fingerprint density at radius 3 is 2.12 bits per heavy atom. The minimum Gasteiger partial charge on any atom is -0.321 e. The Hall–Kier alpha value is -2.13. The van der Waals surface area contributed by atoms with Crippen LogP contribution in [0.1, 0.15) is 49.3 Å². The van der Waals surface area contributed by atoms with Gasteiger partial charge in [0.05, 0.1) is 13.1 Å². The predicted octanol–water partition coefficient (Wildman–Crippen LogP) is 3.52. The standard InChI is InChI=1S/C22H28N2O/c1-18-12-14-20(15-13-18)23-22(25)21(19-10-6-5-7-11-19)24-16-8-3-2-4-9-17-24/h5-7,10-15,21H,2-4,8-9,16-17H2,1H3,(H,23,25)/p+1/t21-/m0/s1. The third-order valence-electron chi connectivity index (χ3n) is 5.12. The van der Waals surface area contributed by atoms with E-state index in [1.54, 1.807) is 0 Å². The van der Waals surface area contributed by atoms with Gasteiger partial charge in [0, 0.05) is 11.3 Å². The van der Waals surface area contributed by atoms with E-state index >= 15 is 0 Å². The lowest BCUT2D eigenvalue weighted by Gasteiger charge is -2.29. The van der Waals surface area contributed by atoms with Crippen LogP contribution in [0.3, 0.4) is 0 Å². The quantitative estimate of drug-likeness (QED) is 0.879. The number of hydrogen-bond donors (Lipinski definition) is 2. The highest BCUT2D eigenvalue weighted by molar-refractivity contribution is 5.94. The van der Waals surface area contributed by atoms with E-state index in [0.717, 1.165) is 24.3 Å². The second kappa shape index (κ2) is 8.82. The molecule has 25 heavy (non-hydrogen) atoms. The molecule has 1 atom stereocenters. The maximum Gasteiger partial charge on any atom is 0.287 e. The fraction of sp³-hybridized carbons (Fsp3) is 0.409. The van der Waals surface area contributed by atoms with Gasteiger partial charge in [-0.25, -0.2) is 0 Å². The third-order valence-corrected chi connectivity index (χ3v) is 5.12. The van der Waals surface area contributed by atoms with Gasteiger partial charge in [0.25, 0.3) is 5.91 Å². The molecule has 1 amide bonds. The van der Waals surface area contributed by atoms with Crippen molar-refractivity contribution in [1.29, 1.82) is 0 Å². The highest BCUT2D eigenvalue weighted by atomic mass is 16.2. The first-order valence-corrected chi connectivity index (χ1v) is 9.51. The zero-order chi connectivity index (χ0) is 17.5. The van der Waals surface area contributed by atoms with Crippen molar-refractivity contribution in [3.8, 4) is 0 Å². The molecule has 0 bridgehead atoms. The molecule has 0 aromatic heterocycles. The van der Waals surface area contributed by atoms with Gasteiger partial charge in [0.1, 0.15) is 0 Å². The third kappa shape index (κ3) is 4.93. The van der Waals surface area contributed by atoms with Crippen LogP contribution in [0.15, 0.2) is 54.6 Å². The Bertz CT molecular complexity index is 658. The van der Waals surface area contributed by atoms with Crippen molar-refractivity contribution in [1.82, 2.24) is 0 Å². The first-order chi connectivity index (χ1) is 12.2. The number of benzene rings is 2. The molecule has 3 nitrogen and oxygen atoms in total. The number of quaternary nitrogens is 1. The van der Waals surface area contributed by atoms with E-state index < -0.39 is 0 Å². The molecule has 2 aromatic carbocycles. The first-order valence-electron chi connectivity index (χ1n) is 9.51. The minimum absolute atomic E-state index is 0.102. The van der Waals surface area contributed by atoms with Gasteiger partial charge in [-0.3, -0.25) is 4.79 Å². The molecule has 0 saturated carbocycles. The minimum atomic E-state index is -0.138. The van der Waals surface area contributed by atoms with Gasteiger partial charge in [-0.2, -0.15) is 0 Å². The van der Waals surface area contributed by atoms with E-state index in [1.165, 1.54) is 42.6 Å². The molecule has 0 radical (unpaired) electrons. The van der Waals surface area contributed by atoms with Crippen LogP contribution in [-0.2, 0) is 4.79 Å². The van der Waals surface area contributed by atoms with E-state index in [4.69, 9.17) is 0 Å². The summed E-state index contributed by atoms with van der Waals surface area (Å²) < 4.78 is 0. The number of carbonyl (C=O) groups is 1. The molecule has 0 unspecified atom stereocenters. The highest BCUT2D eigenvalue weighted by Gasteiger charge is 2.31. The smallest absolute Gasteiger partial charge is 0.287 e. The molecular weight excluding hydrogens is 308 g/mol. The summed E-state index contributed by atoms with van der Waals surface area (Å²) in [4.78, 5) is 14.6. The number of rotatable bonds is 4. The van der Waals surface area contributed by atoms with Crippen molar-refractivity contribution in [3.05, 3.63) is 65.7 Å². The van der Waals surface area contributed by atoms with Gasteiger partial charge >= 0.3 is 0 Å².